The number of nitrogens with zero attached hydrogens (tertiary/aromatic N) is 4. The normalized spacial score (nSPS) is 23.9. The lowest BCUT2D eigenvalue weighted by Gasteiger charge is -2.40. The summed E-state index contributed by atoms with van der Waals surface area (Å²) in [6.45, 7) is 4.48. The van der Waals surface area contributed by atoms with Crippen LogP contribution in [0.4, 0.5) is 5.69 Å². The van der Waals surface area contributed by atoms with Crippen LogP contribution in [0.15, 0.2) is 84.9 Å². The first-order valence-corrected chi connectivity index (χ1v) is 21.3. The number of phenols is 1. The van der Waals surface area contributed by atoms with Crippen molar-refractivity contribution in [1.82, 2.24) is 20.0 Å². The summed E-state index contributed by atoms with van der Waals surface area (Å²) in [6.07, 6.45) is 5.64. The Balaban J connectivity index is 0.731. The molecule has 0 spiro atoms. The third kappa shape index (κ3) is 6.79. The van der Waals surface area contributed by atoms with Gasteiger partial charge in [0.05, 0.1) is 11.1 Å². The van der Waals surface area contributed by atoms with Gasteiger partial charge in [0.25, 0.3) is 11.8 Å². The predicted octanol–water partition coefficient (Wildman–Crippen LogP) is 5.88. The first-order valence-electron chi connectivity index (χ1n) is 21.3. The topological polar surface area (TPSA) is 131 Å². The average molecular weight is 792 g/mol. The number of piperidine rings is 3. The molecule has 302 valence electrons. The summed E-state index contributed by atoms with van der Waals surface area (Å²) in [6, 6.07) is 28.7. The molecule has 4 aromatic carbocycles. The highest BCUT2D eigenvalue weighted by Gasteiger charge is 2.46. The van der Waals surface area contributed by atoms with E-state index in [9.17, 15) is 29.1 Å². The van der Waals surface area contributed by atoms with Gasteiger partial charge in [0, 0.05) is 69.3 Å². The van der Waals surface area contributed by atoms with E-state index in [1.807, 2.05) is 24.3 Å². The van der Waals surface area contributed by atoms with Crippen molar-refractivity contribution < 1.29 is 29.1 Å². The highest BCUT2D eigenvalue weighted by atomic mass is 16.3. The number of amides is 5. The third-order valence-electron chi connectivity index (χ3n) is 14.1. The smallest absolute Gasteiger partial charge is 0.262 e. The number of imide groups is 2. The molecule has 3 fully saturated rings. The molecule has 1 aliphatic carbocycles. The Bertz CT molecular complexity index is 2300. The van der Waals surface area contributed by atoms with Gasteiger partial charge >= 0.3 is 0 Å². The van der Waals surface area contributed by atoms with E-state index >= 15 is 0 Å². The minimum Gasteiger partial charge on any atom is -0.508 e. The highest BCUT2D eigenvalue weighted by molar-refractivity contribution is 6.23. The number of aryl methyl sites for hydroxylation is 1. The lowest BCUT2D eigenvalue weighted by Crippen LogP contribution is -2.54. The Kier molecular flexibility index (Phi) is 9.58. The molecule has 3 saturated heterocycles. The molecule has 1 unspecified atom stereocenters. The van der Waals surface area contributed by atoms with E-state index in [1.54, 1.807) is 0 Å². The van der Waals surface area contributed by atoms with Gasteiger partial charge in [-0.3, -0.25) is 39.1 Å². The maximum atomic E-state index is 13.8. The molecule has 6 aliphatic rings. The first kappa shape index (κ1) is 37.5. The molecule has 11 nitrogen and oxygen atoms in total. The molecule has 5 amide bonds. The summed E-state index contributed by atoms with van der Waals surface area (Å²) in [7, 11) is 0. The van der Waals surface area contributed by atoms with Crippen LogP contribution in [0.3, 0.4) is 0 Å². The van der Waals surface area contributed by atoms with Gasteiger partial charge in [-0.05, 0) is 121 Å². The van der Waals surface area contributed by atoms with Crippen molar-refractivity contribution in [1.29, 1.82) is 0 Å². The molecule has 10 rings (SSSR count). The van der Waals surface area contributed by atoms with Gasteiger partial charge in [-0.15, -0.1) is 0 Å². The Morgan fingerprint density at radius 2 is 1.34 bits per heavy atom. The quantitative estimate of drug-likeness (QED) is 0.232. The summed E-state index contributed by atoms with van der Waals surface area (Å²) in [4.78, 5) is 72.6. The van der Waals surface area contributed by atoms with Crippen molar-refractivity contribution in [2.45, 2.75) is 88.4 Å². The van der Waals surface area contributed by atoms with Crippen molar-refractivity contribution in [3.63, 3.8) is 0 Å². The summed E-state index contributed by atoms with van der Waals surface area (Å²) in [5.74, 6) is -0.752. The molecule has 0 aromatic heterocycles. The van der Waals surface area contributed by atoms with Crippen molar-refractivity contribution in [3.05, 3.63) is 129 Å². The number of nitrogens with one attached hydrogen (secondary N) is 1. The number of carbonyl (C=O) groups excluding carboxylic acids is 5. The largest absolute Gasteiger partial charge is 0.508 e. The summed E-state index contributed by atoms with van der Waals surface area (Å²) in [5, 5.41) is 12.5. The van der Waals surface area contributed by atoms with Crippen LogP contribution in [0.5, 0.6) is 5.75 Å². The monoisotopic (exact) mass is 791 g/mol. The number of aromatic hydroxyl groups is 1. The van der Waals surface area contributed by atoms with Crippen molar-refractivity contribution >= 4 is 35.2 Å². The Morgan fingerprint density at radius 1 is 0.661 bits per heavy atom. The number of phenolic OH excluding ortho intramolecular Hbond substituents is 1. The number of likely N-dealkylation sites (tertiary alicyclic amines) is 1. The zero-order valence-corrected chi connectivity index (χ0v) is 33.1. The van der Waals surface area contributed by atoms with Gasteiger partial charge in [-0.2, -0.15) is 0 Å². The minimum absolute atomic E-state index is 0.0251. The molecule has 0 bridgehead atoms. The van der Waals surface area contributed by atoms with Crippen LogP contribution in [0.2, 0.25) is 0 Å². The molecule has 3 atom stereocenters. The van der Waals surface area contributed by atoms with Gasteiger partial charge in [0.2, 0.25) is 17.7 Å². The van der Waals surface area contributed by atoms with Crippen LogP contribution < -0.4 is 10.2 Å². The molecule has 11 heteroatoms. The zero-order valence-electron chi connectivity index (χ0n) is 33.1. The van der Waals surface area contributed by atoms with E-state index in [2.05, 4.69) is 80.7 Å². The van der Waals surface area contributed by atoms with E-state index in [0.717, 1.165) is 80.7 Å². The van der Waals surface area contributed by atoms with E-state index in [1.165, 1.54) is 27.9 Å². The molecule has 0 saturated carbocycles. The van der Waals surface area contributed by atoms with Gasteiger partial charge in [-0.25, -0.2) is 0 Å². The lowest BCUT2D eigenvalue weighted by molar-refractivity contribution is -0.138. The van der Waals surface area contributed by atoms with Crippen LogP contribution >= 0.6 is 0 Å². The number of benzene rings is 4. The third-order valence-corrected chi connectivity index (χ3v) is 14.1. The fraction of sp³-hybridized carbons (Fsp3) is 0.396. The molecule has 5 heterocycles. The highest BCUT2D eigenvalue weighted by Crippen LogP contribution is 2.47. The van der Waals surface area contributed by atoms with E-state index in [-0.39, 0.29) is 36.5 Å². The molecule has 4 aromatic rings. The van der Waals surface area contributed by atoms with Crippen LogP contribution in [0.25, 0.3) is 0 Å². The number of rotatable bonds is 6. The van der Waals surface area contributed by atoms with E-state index < -0.39 is 23.8 Å². The Morgan fingerprint density at radius 3 is 2.00 bits per heavy atom. The number of carbonyl (C=O) groups is 5. The predicted molar refractivity (Wildman–Crippen MR) is 221 cm³/mol. The maximum Gasteiger partial charge on any atom is 0.262 e. The molecule has 5 aliphatic heterocycles. The van der Waals surface area contributed by atoms with Crippen molar-refractivity contribution in [2.75, 3.05) is 31.1 Å². The van der Waals surface area contributed by atoms with Gasteiger partial charge in [0.15, 0.2) is 0 Å². The second-order valence-electron chi connectivity index (χ2n) is 17.3. The Labute approximate surface area is 344 Å². The fourth-order valence-corrected chi connectivity index (χ4v) is 10.9. The fourth-order valence-electron chi connectivity index (χ4n) is 10.9. The van der Waals surface area contributed by atoms with Crippen molar-refractivity contribution in [3.8, 4) is 5.75 Å². The Hall–Kier alpha value is -5.81. The van der Waals surface area contributed by atoms with Crippen LogP contribution in [0, 0.1) is 5.92 Å². The van der Waals surface area contributed by atoms with Crippen molar-refractivity contribution in [2.24, 2.45) is 5.92 Å². The minimum atomic E-state index is -0.970. The van der Waals surface area contributed by atoms with Crippen LogP contribution in [0.1, 0.15) is 111 Å². The lowest BCUT2D eigenvalue weighted by atomic mass is 9.69. The van der Waals surface area contributed by atoms with Gasteiger partial charge in [0.1, 0.15) is 11.8 Å². The summed E-state index contributed by atoms with van der Waals surface area (Å²) >= 11 is 0. The van der Waals surface area contributed by atoms with Crippen LogP contribution in [-0.2, 0) is 33.9 Å². The summed E-state index contributed by atoms with van der Waals surface area (Å²) in [5.41, 5.74) is 9.04. The number of hydrogen-bond donors (Lipinski definition) is 2. The molecule has 0 radical (unpaired) electrons. The number of hydrogen-bond acceptors (Lipinski definition) is 8. The zero-order chi connectivity index (χ0) is 40.4. The average Bonchev–Trinajstić information content (AvgIpc) is 3.79. The molecule has 59 heavy (non-hydrogen) atoms. The molecular weight excluding hydrogens is 743 g/mol. The van der Waals surface area contributed by atoms with Crippen LogP contribution in [-0.4, -0.2) is 87.6 Å². The second kappa shape index (κ2) is 15.1. The number of fused-ring (bicyclic) bond motifs is 3. The summed E-state index contributed by atoms with van der Waals surface area (Å²) < 4.78 is 0. The van der Waals surface area contributed by atoms with E-state index in [0.29, 0.717) is 41.9 Å². The standard InChI is InChI=1S/C48H49N5O6/c54-37-11-13-39-32(24-37)8-12-38(29-4-2-1-3-5-29)44(39)30-6-9-35(10-7-30)50-20-16-31(17-21-50)46(57)51-22-18-36(19-23-51)52-27-33-25-40-41(26-34(33)28-52)48(59)53(47(40)58)42-14-15-43(55)49-45(42)56/h1-7,9-11,13,24-26,31,36,38,42,44,54H,8,12,14-23,27-28H2,(H,49,55,56)/t38-,42?,44+/m1/s1. The maximum absolute atomic E-state index is 13.8. The second-order valence-corrected chi connectivity index (χ2v) is 17.3. The molecular formula is C48H49N5O6. The molecule has 2 N–H and O–H groups in total. The first-order chi connectivity index (χ1) is 28.7. The van der Waals surface area contributed by atoms with E-state index in [4.69, 9.17) is 0 Å². The van der Waals surface area contributed by atoms with Gasteiger partial charge in [-0.1, -0.05) is 48.5 Å². The van der Waals surface area contributed by atoms with Gasteiger partial charge < -0.3 is 14.9 Å². The number of anilines is 1. The SMILES string of the molecule is O=C1CCC(N2C(=O)c3cc4c(cc3C2=O)CN(C2CCN(C(=O)C3CCN(c5ccc([C@@H]6c7ccc(O)cc7CC[C@@H]6c6ccccc6)cc5)CC3)CC2)C4)C(=O)N1.